The molecule has 23 heavy (non-hydrogen) atoms. The van der Waals surface area contributed by atoms with Crippen molar-refractivity contribution in [2.45, 2.75) is 78.5 Å². The molecule has 0 saturated carbocycles. The van der Waals surface area contributed by atoms with Crippen LogP contribution >= 0.6 is 11.3 Å². The second kappa shape index (κ2) is 7.47. The fourth-order valence-corrected chi connectivity index (χ4v) is 4.31. The van der Waals surface area contributed by atoms with Crippen molar-refractivity contribution in [2.24, 2.45) is 0 Å². The van der Waals surface area contributed by atoms with E-state index >= 15 is 0 Å². The molecule has 2 rings (SSSR count). The predicted molar refractivity (Wildman–Crippen MR) is 93.0 cm³/mol. The normalized spacial score (nSPS) is 15.4. The van der Waals surface area contributed by atoms with Crippen LogP contribution in [0.4, 0.5) is 0 Å². The molecule has 5 heteroatoms. The van der Waals surface area contributed by atoms with Crippen LogP contribution in [0.5, 0.6) is 0 Å². The molecule has 1 atom stereocenters. The van der Waals surface area contributed by atoms with Gasteiger partial charge in [-0.2, -0.15) is 0 Å². The topological polar surface area (TPSA) is 46.6 Å². The molecule has 4 nitrogen and oxygen atoms in total. The van der Waals surface area contributed by atoms with E-state index in [2.05, 4.69) is 0 Å². The molecule has 1 aromatic heterocycles. The van der Waals surface area contributed by atoms with Crippen LogP contribution in [-0.2, 0) is 22.4 Å². The summed E-state index contributed by atoms with van der Waals surface area (Å²) in [6.07, 6.45) is 3.71. The molecule has 0 fully saturated rings. The molecule has 1 heterocycles. The first-order valence-corrected chi connectivity index (χ1v) is 9.27. The Morgan fingerprint density at radius 1 is 1.09 bits per heavy atom. The predicted octanol–water partition coefficient (Wildman–Crippen LogP) is 3.82. The van der Waals surface area contributed by atoms with Crippen molar-refractivity contribution >= 4 is 23.2 Å². The highest BCUT2D eigenvalue weighted by molar-refractivity contribution is 7.14. The summed E-state index contributed by atoms with van der Waals surface area (Å²) in [5.41, 5.74) is 1.28. The number of ether oxygens (including phenoxy) is 1. The molecule has 1 amide bonds. The van der Waals surface area contributed by atoms with E-state index in [1.807, 2.05) is 33.8 Å². The van der Waals surface area contributed by atoms with Gasteiger partial charge >= 0.3 is 5.97 Å². The fourth-order valence-electron chi connectivity index (χ4n) is 3.18. The van der Waals surface area contributed by atoms with Crippen LogP contribution in [0.25, 0.3) is 0 Å². The lowest BCUT2D eigenvalue weighted by Crippen LogP contribution is -2.47. The maximum Gasteiger partial charge on any atom is 0.349 e. The first kappa shape index (κ1) is 18.0. The van der Waals surface area contributed by atoms with Gasteiger partial charge in [0.2, 0.25) is 0 Å². The largest absolute Gasteiger partial charge is 0.448 e. The van der Waals surface area contributed by atoms with Crippen molar-refractivity contribution in [3.8, 4) is 0 Å². The van der Waals surface area contributed by atoms with E-state index in [9.17, 15) is 9.59 Å². The molecule has 0 bridgehead atoms. The Labute approximate surface area is 142 Å². The average molecular weight is 337 g/mol. The first-order chi connectivity index (χ1) is 10.8. The minimum atomic E-state index is -0.758. The molecule has 0 aliphatic heterocycles. The van der Waals surface area contributed by atoms with Gasteiger partial charge in [0.05, 0.1) is 0 Å². The standard InChI is InChI=1S/C18H27NO3S/c1-11(2)19(12(3)4)17(20)13(5)22-18(21)16-10-14-8-6-7-9-15(14)23-16/h10-13H,6-9H2,1-5H3. The smallest absolute Gasteiger partial charge is 0.349 e. The highest BCUT2D eigenvalue weighted by Crippen LogP contribution is 2.30. The first-order valence-electron chi connectivity index (χ1n) is 8.46. The van der Waals surface area contributed by atoms with E-state index in [-0.39, 0.29) is 24.0 Å². The van der Waals surface area contributed by atoms with Crippen molar-refractivity contribution in [1.82, 2.24) is 4.90 Å². The van der Waals surface area contributed by atoms with Crippen molar-refractivity contribution < 1.29 is 14.3 Å². The van der Waals surface area contributed by atoms with Crippen LogP contribution in [0.1, 0.15) is 67.6 Å². The summed E-state index contributed by atoms with van der Waals surface area (Å²) in [7, 11) is 0. The van der Waals surface area contributed by atoms with E-state index in [0.717, 1.165) is 12.8 Å². The number of amides is 1. The number of rotatable bonds is 5. The summed E-state index contributed by atoms with van der Waals surface area (Å²) in [5, 5.41) is 0. The number of nitrogens with zero attached hydrogens (tertiary/aromatic N) is 1. The van der Waals surface area contributed by atoms with Gasteiger partial charge in [-0.1, -0.05) is 0 Å². The molecule has 1 aliphatic carbocycles. The van der Waals surface area contributed by atoms with Crippen LogP contribution in [0.2, 0.25) is 0 Å². The SMILES string of the molecule is CC(OC(=O)c1cc2c(s1)CCCC2)C(=O)N(C(C)C)C(C)C. The molecular formula is C18H27NO3S. The maximum atomic E-state index is 12.5. The maximum absolute atomic E-state index is 12.5. The second-order valence-corrected chi connectivity index (χ2v) is 7.88. The third-order valence-corrected chi connectivity index (χ3v) is 5.41. The summed E-state index contributed by atoms with van der Waals surface area (Å²) in [6, 6.07) is 2.11. The lowest BCUT2D eigenvalue weighted by atomic mass is 9.99. The lowest BCUT2D eigenvalue weighted by Gasteiger charge is -2.32. The Hall–Kier alpha value is -1.36. The van der Waals surface area contributed by atoms with Gasteiger partial charge in [0.25, 0.3) is 5.91 Å². The van der Waals surface area contributed by atoms with E-state index in [4.69, 9.17) is 4.74 Å². The molecule has 1 aromatic rings. The van der Waals surface area contributed by atoms with Gasteiger partial charge in [0.15, 0.2) is 6.10 Å². The number of aryl methyl sites for hydroxylation is 2. The van der Waals surface area contributed by atoms with Gasteiger partial charge in [0.1, 0.15) is 4.88 Å². The molecule has 0 aromatic carbocycles. The second-order valence-electron chi connectivity index (χ2n) is 6.75. The van der Waals surface area contributed by atoms with E-state index < -0.39 is 6.10 Å². The van der Waals surface area contributed by atoms with Crippen LogP contribution in [0.3, 0.4) is 0 Å². The average Bonchev–Trinajstić information content (AvgIpc) is 2.90. The van der Waals surface area contributed by atoms with Gasteiger partial charge in [-0.15, -0.1) is 11.3 Å². The summed E-state index contributed by atoms with van der Waals surface area (Å²) >= 11 is 1.52. The highest BCUT2D eigenvalue weighted by atomic mass is 32.1. The minimum Gasteiger partial charge on any atom is -0.448 e. The number of esters is 1. The molecule has 0 spiro atoms. The lowest BCUT2D eigenvalue weighted by molar-refractivity contribution is -0.143. The third kappa shape index (κ3) is 4.14. The molecule has 0 saturated heterocycles. The summed E-state index contributed by atoms with van der Waals surface area (Å²) < 4.78 is 5.44. The number of carbonyl (C=O) groups excluding carboxylic acids is 2. The van der Waals surface area contributed by atoms with Crippen LogP contribution < -0.4 is 0 Å². The summed E-state index contributed by atoms with van der Waals surface area (Å²) in [6.45, 7) is 9.55. The summed E-state index contributed by atoms with van der Waals surface area (Å²) in [5.74, 6) is -0.512. The van der Waals surface area contributed by atoms with E-state index in [1.54, 1.807) is 11.8 Å². The van der Waals surface area contributed by atoms with Crippen LogP contribution in [-0.4, -0.2) is 35.0 Å². The Kier molecular flexibility index (Phi) is 5.84. The molecular weight excluding hydrogens is 310 g/mol. The zero-order valence-electron chi connectivity index (χ0n) is 14.7. The monoisotopic (exact) mass is 337 g/mol. The number of hydrogen-bond donors (Lipinski definition) is 0. The molecule has 128 valence electrons. The van der Waals surface area contributed by atoms with E-state index in [1.165, 1.54) is 34.6 Å². The molecule has 0 N–H and O–H groups in total. The quantitative estimate of drug-likeness (QED) is 0.767. The van der Waals surface area contributed by atoms with Gasteiger partial charge in [-0.3, -0.25) is 4.79 Å². The van der Waals surface area contributed by atoms with E-state index in [0.29, 0.717) is 4.88 Å². The van der Waals surface area contributed by atoms with Crippen LogP contribution in [0, 0.1) is 0 Å². The van der Waals surface area contributed by atoms with Crippen molar-refractivity contribution in [3.05, 3.63) is 21.4 Å². The molecule has 0 radical (unpaired) electrons. The Morgan fingerprint density at radius 3 is 2.26 bits per heavy atom. The van der Waals surface area contributed by atoms with Crippen molar-refractivity contribution in [2.75, 3.05) is 0 Å². The van der Waals surface area contributed by atoms with Crippen molar-refractivity contribution in [1.29, 1.82) is 0 Å². The van der Waals surface area contributed by atoms with Gasteiger partial charge < -0.3 is 9.64 Å². The Balaban J connectivity index is 2.04. The zero-order valence-corrected chi connectivity index (χ0v) is 15.5. The number of carbonyl (C=O) groups is 2. The minimum absolute atomic E-state index is 0.0812. The summed E-state index contributed by atoms with van der Waals surface area (Å²) in [4.78, 5) is 28.6. The molecule has 1 aliphatic rings. The van der Waals surface area contributed by atoms with Gasteiger partial charge in [-0.25, -0.2) is 4.79 Å². The van der Waals surface area contributed by atoms with Gasteiger partial charge in [-0.05, 0) is 71.9 Å². The Morgan fingerprint density at radius 2 is 1.70 bits per heavy atom. The number of hydrogen-bond acceptors (Lipinski definition) is 4. The highest BCUT2D eigenvalue weighted by Gasteiger charge is 2.28. The Bertz CT molecular complexity index is 545. The van der Waals surface area contributed by atoms with Crippen LogP contribution in [0.15, 0.2) is 6.07 Å². The van der Waals surface area contributed by atoms with Gasteiger partial charge in [0, 0.05) is 17.0 Å². The number of thiophene rings is 1. The third-order valence-electron chi connectivity index (χ3n) is 4.20. The number of fused-ring (bicyclic) bond motifs is 1. The van der Waals surface area contributed by atoms with Crippen molar-refractivity contribution in [3.63, 3.8) is 0 Å². The molecule has 1 unspecified atom stereocenters. The fraction of sp³-hybridized carbons (Fsp3) is 0.667. The zero-order chi connectivity index (χ0) is 17.1.